The summed E-state index contributed by atoms with van der Waals surface area (Å²) in [5, 5.41) is 11.3. The van der Waals surface area contributed by atoms with Crippen LogP contribution in [-0.2, 0) is 20.9 Å². The average molecular weight is 324 g/mol. The molecule has 1 aromatic carbocycles. The van der Waals surface area contributed by atoms with Crippen LogP contribution in [0.1, 0.15) is 23.8 Å². The molecule has 1 heterocycles. The lowest BCUT2D eigenvalue weighted by atomic mass is 10.1. The first kappa shape index (κ1) is 17.0. The summed E-state index contributed by atoms with van der Waals surface area (Å²) < 4.78 is 10.1. The number of nitrogens with zero attached hydrogens (tertiary/aromatic N) is 1. The van der Waals surface area contributed by atoms with Crippen molar-refractivity contribution in [2.45, 2.75) is 19.6 Å². The number of amides is 1. The topological polar surface area (TPSA) is 92.3 Å². The van der Waals surface area contributed by atoms with E-state index >= 15 is 0 Å². The highest BCUT2D eigenvalue weighted by Gasteiger charge is 2.16. The van der Waals surface area contributed by atoms with E-state index in [2.05, 4.69) is 5.32 Å². The van der Waals surface area contributed by atoms with Crippen LogP contribution in [-0.4, -0.2) is 18.0 Å². The van der Waals surface area contributed by atoms with Gasteiger partial charge in [0.05, 0.1) is 24.4 Å². The van der Waals surface area contributed by atoms with E-state index in [0.717, 1.165) is 5.56 Å². The van der Waals surface area contributed by atoms with Crippen LogP contribution >= 0.6 is 0 Å². The van der Waals surface area contributed by atoms with E-state index in [9.17, 15) is 9.59 Å². The molecule has 0 radical (unpaired) electrons. The van der Waals surface area contributed by atoms with Gasteiger partial charge in [0.2, 0.25) is 0 Å². The van der Waals surface area contributed by atoms with Crippen LogP contribution in [0.25, 0.3) is 6.08 Å². The zero-order valence-corrected chi connectivity index (χ0v) is 13.1. The summed E-state index contributed by atoms with van der Waals surface area (Å²) in [6.45, 7) is 1.72. The van der Waals surface area contributed by atoms with Gasteiger partial charge in [0.1, 0.15) is 5.76 Å². The molecule has 0 bridgehead atoms. The highest BCUT2D eigenvalue weighted by atomic mass is 16.5. The Balaban J connectivity index is 1.80. The number of ether oxygens (including phenoxy) is 1. The number of nitriles is 1. The van der Waals surface area contributed by atoms with E-state index < -0.39 is 18.0 Å². The number of nitrogens with one attached hydrogen (secondary N) is 1. The van der Waals surface area contributed by atoms with E-state index in [1.54, 1.807) is 42.5 Å². The Labute approximate surface area is 139 Å². The monoisotopic (exact) mass is 324 g/mol. The van der Waals surface area contributed by atoms with E-state index in [1.165, 1.54) is 19.3 Å². The minimum Gasteiger partial charge on any atom is -0.467 e. The number of esters is 1. The largest absolute Gasteiger partial charge is 0.467 e. The summed E-state index contributed by atoms with van der Waals surface area (Å²) in [6, 6.07) is 12.2. The van der Waals surface area contributed by atoms with Gasteiger partial charge < -0.3 is 14.5 Å². The molecule has 0 spiro atoms. The molecular weight excluding hydrogens is 308 g/mol. The highest BCUT2D eigenvalue weighted by Crippen LogP contribution is 2.06. The lowest BCUT2D eigenvalue weighted by molar-refractivity contribution is -0.150. The molecule has 2 rings (SSSR count). The molecule has 0 aliphatic heterocycles. The SMILES string of the molecule is C[C@@H](OC(=O)/C=C/c1ccc(C#N)cc1)C(=O)NCc1ccco1. The average Bonchev–Trinajstić information content (AvgIpc) is 3.11. The lowest BCUT2D eigenvalue weighted by Crippen LogP contribution is -2.35. The van der Waals surface area contributed by atoms with Crippen LogP contribution in [0.3, 0.4) is 0 Å². The molecule has 1 amide bonds. The van der Waals surface area contributed by atoms with E-state index in [1.807, 2.05) is 6.07 Å². The number of carbonyl (C=O) groups is 2. The normalized spacial score (nSPS) is 11.7. The van der Waals surface area contributed by atoms with Crippen molar-refractivity contribution in [3.8, 4) is 6.07 Å². The molecule has 122 valence electrons. The van der Waals surface area contributed by atoms with Crippen molar-refractivity contribution in [3.63, 3.8) is 0 Å². The van der Waals surface area contributed by atoms with Gasteiger partial charge in [0.15, 0.2) is 6.10 Å². The Kier molecular flexibility index (Phi) is 5.92. The minimum atomic E-state index is -0.918. The van der Waals surface area contributed by atoms with Crippen molar-refractivity contribution in [2.24, 2.45) is 0 Å². The van der Waals surface area contributed by atoms with Crippen LogP contribution in [0.4, 0.5) is 0 Å². The van der Waals surface area contributed by atoms with Crippen molar-refractivity contribution in [1.82, 2.24) is 5.32 Å². The Hall–Kier alpha value is -3.33. The van der Waals surface area contributed by atoms with Crippen molar-refractivity contribution in [2.75, 3.05) is 0 Å². The summed E-state index contributed by atoms with van der Waals surface area (Å²) >= 11 is 0. The molecule has 0 unspecified atom stereocenters. The van der Waals surface area contributed by atoms with Crippen molar-refractivity contribution in [1.29, 1.82) is 5.26 Å². The molecule has 1 aromatic heterocycles. The Bertz CT molecular complexity index is 755. The second-order valence-corrected chi connectivity index (χ2v) is 4.94. The standard InChI is InChI=1S/C18H16N2O4/c1-13(18(22)20-12-16-3-2-10-23-16)24-17(21)9-8-14-4-6-15(11-19)7-5-14/h2-10,13H,12H2,1H3,(H,20,22)/b9-8+/t13-/m1/s1. The number of rotatable bonds is 6. The number of carbonyl (C=O) groups excluding carboxylic acids is 2. The quantitative estimate of drug-likeness (QED) is 0.650. The molecule has 0 saturated heterocycles. The molecule has 0 saturated carbocycles. The van der Waals surface area contributed by atoms with Gasteiger partial charge in [-0.05, 0) is 42.8 Å². The van der Waals surface area contributed by atoms with E-state index in [-0.39, 0.29) is 6.54 Å². The van der Waals surface area contributed by atoms with Gasteiger partial charge in [-0.2, -0.15) is 5.26 Å². The summed E-state index contributed by atoms with van der Waals surface area (Å²) in [5.41, 5.74) is 1.29. The van der Waals surface area contributed by atoms with Gasteiger partial charge in [-0.25, -0.2) is 4.79 Å². The Morgan fingerprint density at radius 2 is 2.08 bits per heavy atom. The third-order valence-corrected chi connectivity index (χ3v) is 3.13. The fourth-order valence-electron chi connectivity index (χ4n) is 1.83. The fourth-order valence-corrected chi connectivity index (χ4v) is 1.83. The number of hydrogen-bond acceptors (Lipinski definition) is 5. The van der Waals surface area contributed by atoms with E-state index in [4.69, 9.17) is 14.4 Å². The maximum atomic E-state index is 11.8. The second kappa shape index (κ2) is 8.34. The number of hydrogen-bond donors (Lipinski definition) is 1. The van der Waals surface area contributed by atoms with Crippen molar-refractivity contribution in [3.05, 3.63) is 65.6 Å². The van der Waals surface area contributed by atoms with Crippen LogP contribution in [0.15, 0.2) is 53.2 Å². The van der Waals surface area contributed by atoms with Crippen LogP contribution in [0.5, 0.6) is 0 Å². The van der Waals surface area contributed by atoms with Gasteiger partial charge >= 0.3 is 5.97 Å². The first-order valence-electron chi connectivity index (χ1n) is 7.27. The van der Waals surface area contributed by atoms with E-state index in [0.29, 0.717) is 11.3 Å². The number of furan rings is 1. The van der Waals surface area contributed by atoms with Crippen molar-refractivity contribution < 1.29 is 18.7 Å². The van der Waals surface area contributed by atoms with Crippen LogP contribution < -0.4 is 5.32 Å². The Morgan fingerprint density at radius 3 is 2.71 bits per heavy atom. The zero-order valence-electron chi connectivity index (χ0n) is 13.1. The number of benzene rings is 1. The first-order chi connectivity index (χ1) is 11.6. The molecule has 0 aliphatic carbocycles. The van der Waals surface area contributed by atoms with Crippen LogP contribution in [0, 0.1) is 11.3 Å². The summed E-state index contributed by atoms with van der Waals surface area (Å²) in [4.78, 5) is 23.6. The summed E-state index contributed by atoms with van der Waals surface area (Å²) in [5.74, 6) is -0.422. The van der Waals surface area contributed by atoms with Gasteiger partial charge in [-0.3, -0.25) is 4.79 Å². The first-order valence-corrected chi connectivity index (χ1v) is 7.27. The third kappa shape index (κ3) is 5.14. The molecule has 24 heavy (non-hydrogen) atoms. The summed E-state index contributed by atoms with van der Waals surface area (Å²) in [7, 11) is 0. The maximum Gasteiger partial charge on any atom is 0.331 e. The minimum absolute atomic E-state index is 0.231. The lowest BCUT2D eigenvalue weighted by Gasteiger charge is -2.11. The van der Waals surface area contributed by atoms with Crippen LogP contribution in [0.2, 0.25) is 0 Å². The zero-order chi connectivity index (χ0) is 17.4. The Morgan fingerprint density at radius 1 is 1.33 bits per heavy atom. The molecule has 1 N–H and O–H groups in total. The summed E-state index contributed by atoms with van der Waals surface area (Å²) in [6.07, 6.45) is 3.38. The fraction of sp³-hybridized carbons (Fsp3) is 0.167. The molecular formula is C18H16N2O4. The molecule has 6 nitrogen and oxygen atoms in total. The molecule has 2 aromatic rings. The van der Waals surface area contributed by atoms with Gasteiger partial charge in [0, 0.05) is 6.08 Å². The molecule has 0 fully saturated rings. The smallest absolute Gasteiger partial charge is 0.331 e. The maximum absolute atomic E-state index is 11.8. The predicted octanol–water partition coefficient (Wildman–Crippen LogP) is 2.41. The van der Waals surface area contributed by atoms with Gasteiger partial charge in [0.25, 0.3) is 5.91 Å². The van der Waals surface area contributed by atoms with Gasteiger partial charge in [-0.15, -0.1) is 0 Å². The predicted molar refractivity (Wildman–Crippen MR) is 86.3 cm³/mol. The molecule has 6 heteroatoms. The second-order valence-electron chi connectivity index (χ2n) is 4.94. The molecule has 1 atom stereocenters. The molecule has 0 aliphatic rings. The van der Waals surface area contributed by atoms with Gasteiger partial charge in [-0.1, -0.05) is 12.1 Å². The highest BCUT2D eigenvalue weighted by molar-refractivity contribution is 5.90. The van der Waals surface area contributed by atoms with Crippen molar-refractivity contribution >= 4 is 18.0 Å². The third-order valence-electron chi connectivity index (χ3n) is 3.13.